The fourth-order valence-electron chi connectivity index (χ4n) is 1.01. The number of nitrogens with two attached hydrogens (primary N) is 2. The van der Waals surface area contributed by atoms with Gasteiger partial charge in [-0.05, 0) is 12.1 Å². The van der Waals surface area contributed by atoms with Gasteiger partial charge in [0.15, 0.2) is 5.65 Å². The molecule has 2 aromatic heterocycles. The summed E-state index contributed by atoms with van der Waals surface area (Å²) < 4.78 is 14.2. The Morgan fingerprint density at radius 1 is 1.36 bits per heavy atom. The van der Waals surface area contributed by atoms with Gasteiger partial charge in [0.25, 0.3) is 5.92 Å². The minimum atomic E-state index is -2.59. The van der Waals surface area contributed by atoms with E-state index in [4.69, 9.17) is 23.1 Å². The van der Waals surface area contributed by atoms with Crippen LogP contribution < -0.4 is 11.5 Å². The van der Waals surface area contributed by atoms with Gasteiger partial charge >= 0.3 is 0 Å². The molecular formula is C6H6ClFN6. The number of halogens is 2. The maximum Gasteiger partial charge on any atom is 0.273 e. The van der Waals surface area contributed by atoms with E-state index in [1.807, 2.05) is 0 Å². The third-order valence-electron chi connectivity index (χ3n) is 1.57. The molecule has 2 rings (SSSR count). The molecule has 0 fully saturated rings. The Morgan fingerprint density at radius 2 is 2.07 bits per heavy atom. The molecule has 0 aliphatic carbocycles. The summed E-state index contributed by atoms with van der Waals surface area (Å²) in [6.07, 6.45) is 0. The summed E-state index contributed by atoms with van der Waals surface area (Å²) in [5.41, 5.74) is 10.4. The Kier molecular flexibility index (Phi) is 1.88. The van der Waals surface area contributed by atoms with Gasteiger partial charge in [-0.25, -0.2) is 0 Å². The van der Waals surface area contributed by atoms with Gasteiger partial charge < -0.3 is 0 Å². The van der Waals surface area contributed by atoms with Crippen molar-refractivity contribution in [1.29, 1.82) is 0 Å². The molecule has 0 aliphatic heterocycles. The van der Waals surface area contributed by atoms with Gasteiger partial charge in [-0.1, -0.05) is 11.6 Å². The van der Waals surface area contributed by atoms with Gasteiger partial charge in [0.2, 0.25) is 5.82 Å². The molecule has 6 nitrogen and oxygen atoms in total. The molecular weight excluding hydrogens is 211 g/mol. The van der Waals surface area contributed by atoms with Crippen molar-refractivity contribution in [3.8, 4) is 0 Å². The monoisotopic (exact) mass is 216 g/mol. The van der Waals surface area contributed by atoms with Crippen LogP contribution in [0.1, 0.15) is 5.82 Å². The number of hydrogen-bond acceptors (Lipinski definition) is 5. The Labute approximate surface area is 82.7 Å². The molecule has 0 unspecified atom stereocenters. The normalized spacial score (nSPS) is 12.3. The van der Waals surface area contributed by atoms with Gasteiger partial charge in [0, 0.05) is 0 Å². The van der Waals surface area contributed by atoms with E-state index in [-0.39, 0.29) is 11.0 Å². The largest absolute Gasteiger partial charge is 0.280 e. The first-order chi connectivity index (χ1) is 6.48. The van der Waals surface area contributed by atoms with E-state index in [0.29, 0.717) is 5.65 Å². The van der Waals surface area contributed by atoms with Crippen LogP contribution in [0.2, 0.25) is 5.15 Å². The summed E-state index contributed by atoms with van der Waals surface area (Å²) in [4.78, 5) is 0. The fourth-order valence-corrected chi connectivity index (χ4v) is 1.14. The molecule has 0 saturated heterocycles. The molecule has 0 atom stereocenters. The third-order valence-corrected chi connectivity index (χ3v) is 1.77. The molecule has 8 heteroatoms. The van der Waals surface area contributed by atoms with E-state index < -0.39 is 5.92 Å². The van der Waals surface area contributed by atoms with Crippen LogP contribution in [-0.4, -0.2) is 19.8 Å². The summed E-state index contributed by atoms with van der Waals surface area (Å²) in [5, 5.41) is 11.0. The second-order valence-corrected chi connectivity index (χ2v) is 3.10. The van der Waals surface area contributed by atoms with E-state index in [0.717, 1.165) is 4.52 Å². The summed E-state index contributed by atoms with van der Waals surface area (Å²) in [6, 6.07) is 3.03. The van der Waals surface area contributed by atoms with E-state index in [1.165, 1.54) is 12.1 Å². The molecule has 0 amide bonds. The zero-order chi connectivity index (χ0) is 10.3. The quantitative estimate of drug-likeness (QED) is 0.507. The van der Waals surface area contributed by atoms with Crippen LogP contribution in [-0.2, 0) is 5.92 Å². The van der Waals surface area contributed by atoms with E-state index in [2.05, 4.69) is 15.3 Å². The van der Waals surface area contributed by atoms with Crippen molar-refractivity contribution in [1.82, 2.24) is 19.8 Å². The molecule has 0 radical (unpaired) electrons. The van der Waals surface area contributed by atoms with Crippen molar-refractivity contribution in [3.63, 3.8) is 0 Å². The molecule has 2 heterocycles. The molecule has 2 aromatic rings. The first kappa shape index (κ1) is 9.25. The SMILES string of the molecule is NC(N)(F)c1nnc2ccc(Cl)nn12. The Hall–Kier alpha value is -1.31. The van der Waals surface area contributed by atoms with E-state index >= 15 is 0 Å². The average Bonchev–Trinajstić information content (AvgIpc) is 2.45. The van der Waals surface area contributed by atoms with Gasteiger partial charge in [-0.15, -0.1) is 10.2 Å². The highest BCUT2D eigenvalue weighted by Crippen LogP contribution is 2.13. The average molecular weight is 217 g/mol. The highest BCUT2D eigenvalue weighted by atomic mass is 35.5. The Balaban J connectivity index is 2.73. The second-order valence-electron chi connectivity index (χ2n) is 2.72. The van der Waals surface area contributed by atoms with Gasteiger partial charge in [0.05, 0.1) is 0 Å². The van der Waals surface area contributed by atoms with Gasteiger partial charge in [-0.3, -0.25) is 11.5 Å². The van der Waals surface area contributed by atoms with Crippen LogP contribution >= 0.6 is 11.6 Å². The smallest absolute Gasteiger partial charge is 0.273 e. The van der Waals surface area contributed by atoms with Crippen LogP contribution in [0, 0.1) is 0 Å². The number of rotatable bonds is 1. The van der Waals surface area contributed by atoms with Gasteiger partial charge in [0.1, 0.15) is 5.15 Å². The van der Waals surface area contributed by atoms with E-state index in [1.54, 1.807) is 0 Å². The van der Waals surface area contributed by atoms with Crippen LogP contribution in [0.25, 0.3) is 5.65 Å². The summed E-state index contributed by atoms with van der Waals surface area (Å²) >= 11 is 5.61. The first-order valence-electron chi connectivity index (χ1n) is 3.63. The van der Waals surface area contributed by atoms with Crippen molar-refractivity contribution in [3.05, 3.63) is 23.1 Å². The first-order valence-corrected chi connectivity index (χ1v) is 4.01. The van der Waals surface area contributed by atoms with Crippen molar-refractivity contribution < 1.29 is 4.39 Å². The molecule has 0 spiro atoms. The van der Waals surface area contributed by atoms with E-state index in [9.17, 15) is 4.39 Å². The lowest BCUT2D eigenvalue weighted by atomic mass is 10.4. The predicted octanol–water partition coefficient (Wildman–Crippen LogP) is -0.225. The maximum atomic E-state index is 13.2. The highest BCUT2D eigenvalue weighted by Gasteiger charge is 2.27. The minimum Gasteiger partial charge on any atom is -0.280 e. The van der Waals surface area contributed by atoms with Crippen molar-refractivity contribution in [2.75, 3.05) is 0 Å². The van der Waals surface area contributed by atoms with Crippen molar-refractivity contribution in [2.24, 2.45) is 11.5 Å². The van der Waals surface area contributed by atoms with Crippen molar-refractivity contribution >= 4 is 17.2 Å². The number of hydrogen-bond donors (Lipinski definition) is 2. The van der Waals surface area contributed by atoms with Crippen LogP contribution in [0.5, 0.6) is 0 Å². The molecule has 0 aliphatic rings. The molecule has 74 valence electrons. The van der Waals surface area contributed by atoms with Crippen LogP contribution in [0.15, 0.2) is 12.1 Å². The van der Waals surface area contributed by atoms with Crippen molar-refractivity contribution in [2.45, 2.75) is 5.92 Å². The molecule has 0 bridgehead atoms. The van der Waals surface area contributed by atoms with Gasteiger partial charge in [-0.2, -0.15) is 14.0 Å². The summed E-state index contributed by atoms with van der Waals surface area (Å²) in [7, 11) is 0. The lowest BCUT2D eigenvalue weighted by Crippen LogP contribution is -2.43. The molecule has 0 saturated carbocycles. The highest BCUT2D eigenvalue weighted by molar-refractivity contribution is 6.29. The maximum absolute atomic E-state index is 13.2. The molecule has 4 N–H and O–H groups in total. The Bertz CT molecular complexity index is 475. The zero-order valence-corrected chi connectivity index (χ0v) is 7.61. The number of nitrogens with zero attached hydrogens (tertiary/aromatic N) is 4. The summed E-state index contributed by atoms with van der Waals surface area (Å²) in [5.74, 6) is -2.88. The van der Waals surface area contributed by atoms with Crippen LogP contribution in [0.4, 0.5) is 4.39 Å². The second kappa shape index (κ2) is 2.84. The zero-order valence-electron chi connectivity index (χ0n) is 6.85. The molecule has 0 aromatic carbocycles. The predicted molar refractivity (Wildman–Crippen MR) is 47.0 cm³/mol. The lowest BCUT2D eigenvalue weighted by Gasteiger charge is -2.10. The standard InChI is InChI=1S/C6H6ClFN6/c7-3-1-2-4-11-12-5(6(8,9)10)14(4)13-3/h1-2H,9-10H2. The minimum absolute atomic E-state index is 0.169. The number of fused-ring (bicyclic) bond motifs is 1. The van der Waals surface area contributed by atoms with Crippen LogP contribution in [0.3, 0.4) is 0 Å². The lowest BCUT2D eigenvalue weighted by molar-refractivity contribution is 0.167. The third kappa shape index (κ3) is 1.41. The topological polar surface area (TPSA) is 95.1 Å². The fraction of sp³-hybridized carbons (Fsp3) is 0.167. The summed E-state index contributed by atoms with van der Waals surface area (Å²) in [6.45, 7) is 0. The molecule has 14 heavy (non-hydrogen) atoms. The number of alkyl halides is 1. The number of aromatic nitrogens is 4. The Morgan fingerprint density at radius 3 is 2.71 bits per heavy atom.